The van der Waals surface area contributed by atoms with Gasteiger partial charge in [-0.05, 0) is 98.3 Å². The molecule has 1 aromatic rings. The predicted molar refractivity (Wildman–Crippen MR) is 122 cm³/mol. The maximum absolute atomic E-state index is 6.79. The lowest BCUT2D eigenvalue weighted by molar-refractivity contribution is -0.00275. The fourth-order valence-electron chi connectivity index (χ4n) is 7.39. The molecule has 5 aliphatic rings. The third-order valence-corrected chi connectivity index (χ3v) is 8.81. The fourth-order valence-corrected chi connectivity index (χ4v) is 7.69. The third-order valence-electron chi connectivity index (χ3n) is 8.49. The van der Waals surface area contributed by atoms with Gasteiger partial charge in [-0.15, -0.1) is 0 Å². The van der Waals surface area contributed by atoms with Crippen molar-refractivity contribution in [2.75, 3.05) is 13.1 Å². The van der Waals surface area contributed by atoms with Crippen LogP contribution in [0.4, 0.5) is 0 Å². The predicted octanol–water partition coefficient (Wildman–Crippen LogP) is 6.79. The summed E-state index contributed by atoms with van der Waals surface area (Å²) in [6, 6.07) is 6.63. The van der Waals surface area contributed by atoms with E-state index < -0.39 is 0 Å². The number of halogens is 1. The van der Waals surface area contributed by atoms with Crippen LogP contribution >= 0.6 is 11.6 Å². The molecule has 1 nitrogen and oxygen atoms in total. The third kappa shape index (κ3) is 4.55. The molecule has 0 aromatic heterocycles. The quantitative estimate of drug-likeness (QED) is 0.417. The zero-order chi connectivity index (χ0) is 19.6. The lowest BCUT2D eigenvalue weighted by atomic mass is 9.51. The van der Waals surface area contributed by atoms with Crippen LogP contribution in [0.25, 0.3) is 0 Å². The smallest absolute Gasteiger partial charge is 0.0580 e. The zero-order valence-corrected chi connectivity index (χ0v) is 18.5. The molecule has 1 aromatic carbocycles. The summed E-state index contributed by atoms with van der Waals surface area (Å²) in [5.74, 6) is 12.1. The van der Waals surface area contributed by atoms with E-state index in [1.165, 1.54) is 76.2 Å². The Morgan fingerprint density at radius 3 is 2.34 bits per heavy atom. The van der Waals surface area contributed by atoms with Crippen LogP contribution in [0.2, 0.25) is 5.02 Å². The second-order valence-corrected chi connectivity index (χ2v) is 10.9. The number of benzene rings is 1. The highest BCUT2D eigenvalue weighted by Crippen LogP contribution is 2.60. The molecule has 29 heavy (non-hydrogen) atoms. The Morgan fingerprint density at radius 2 is 1.66 bits per heavy atom. The van der Waals surface area contributed by atoms with Crippen LogP contribution in [-0.4, -0.2) is 13.1 Å². The van der Waals surface area contributed by atoms with Gasteiger partial charge in [0, 0.05) is 10.6 Å². The molecule has 2 heteroatoms. The van der Waals surface area contributed by atoms with E-state index in [0.29, 0.717) is 5.92 Å². The standard InChI is InChI=1S/C27H36ClN/c28-26-18-20(7-4-11-29-12-10-19-5-2-1-3-6-19)8-9-25(26)27-23-14-21-13-22(16-23)17-24(27)15-21/h8-9,18-19,21-24,27,29H,1-3,5-6,10-17H2. The molecular formula is C27H36ClN. The highest BCUT2D eigenvalue weighted by molar-refractivity contribution is 6.31. The molecule has 0 saturated heterocycles. The SMILES string of the molecule is Clc1cc(C#CCNCCC2CCCCC2)ccc1C1C2CC3CC(C2)CC1C3. The first kappa shape index (κ1) is 20.0. The Balaban J connectivity index is 1.14. The maximum atomic E-state index is 6.79. The normalized spacial score (nSPS) is 33.5. The van der Waals surface area contributed by atoms with Crippen LogP contribution in [0.5, 0.6) is 0 Å². The number of nitrogens with one attached hydrogen (secondary N) is 1. The van der Waals surface area contributed by atoms with E-state index in [0.717, 1.165) is 53.3 Å². The van der Waals surface area contributed by atoms with Gasteiger partial charge >= 0.3 is 0 Å². The first-order valence-corrected chi connectivity index (χ1v) is 12.6. The van der Waals surface area contributed by atoms with E-state index in [-0.39, 0.29) is 0 Å². The summed E-state index contributed by atoms with van der Waals surface area (Å²) in [4.78, 5) is 0. The van der Waals surface area contributed by atoms with Crippen molar-refractivity contribution in [3.05, 3.63) is 34.3 Å². The van der Waals surface area contributed by atoms with Gasteiger partial charge in [-0.1, -0.05) is 61.6 Å². The minimum absolute atomic E-state index is 0.707. The van der Waals surface area contributed by atoms with Crippen molar-refractivity contribution in [2.45, 2.75) is 76.5 Å². The Hall–Kier alpha value is -0.970. The fraction of sp³-hybridized carbons (Fsp3) is 0.704. The molecule has 5 fully saturated rings. The molecule has 5 aliphatic carbocycles. The van der Waals surface area contributed by atoms with Crippen molar-refractivity contribution in [3.8, 4) is 11.8 Å². The van der Waals surface area contributed by atoms with Gasteiger partial charge in [-0.3, -0.25) is 0 Å². The van der Waals surface area contributed by atoms with Gasteiger partial charge in [-0.25, -0.2) is 0 Å². The molecule has 0 aliphatic heterocycles. The summed E-state index contributed by atoms with van der Waals surface area (Å²) in [7, 11) is 0. The number of hydrogen-bond donors (Lipinski definition) is 1. The van der Waals surface area contributed by atoms with Crippen molar-refractivity contribution in [1.29, 1.82) is 0 Å². The van der Waals surface area contributed by atoms with Crippen molar-refractivity contribution in [1.82, 2.24) is 5.32 Å². The van der Waals surface area contributed by atoms with Crippen molar-refractivity contribution >= 4 is 11.6 Å². The molecule has 0 amide bonds. The van der Waals surface area contributed by atoms with E-state index in [4.69, 9.17) is 11.6 Å². The first-order valence-electron chi connectivity index (χ1n) is 12.3. The highest BCUT2D eigenvalue weighted by atomic mass is 35.5. The maximum Gasteiger partial charge on any atom is 0.0580 e. The monoisotopic (exact) mass is 409 g/mol. The van der Waals surface area contributed by atoms with Crippen molar-refractivity contribution in [2.24, 2.45) is 29.6 Å². The average Bonchev–Trinajstić information content (AvgIpc) is 2.72. The van der Waals surface area contributed by atoms with E-state index in [1.807, 2.05) is 0 Å². The summed E-state index contributed by atoms with van der Waals surface area (Å²) >= 11 is 6.79. The van der Waals surface area contributed by atoms with Crippen LogP contribution < -0.4 is 5.32 Å². The minimum atomic E-state index is 0.707. The lowest BCUT2D eigenvalue weighted by Crippen LogP contribution is -2.43. The number of rotatable bonds is 5. The molecule has 6 rings (SSSR count). The van der Waals surface area contributed by atoms with Gasteiger partial charge in [0.1, 0.15) is 0 Å². The van der Waals surface area contributed by atoms with Crippen LogP contribution in [0.1, 0.15) is 87.7 Å². The molecule has 0 atom stereocenters. The Labute approximate surface area is 182 Å². The molecule has 0 unspecified atom stereocenters. The minimum Gasteiger partial charge on any atom is -0.306 e. The van der Waals surface area contributed by atoms with Crippen molar-refractivity contribution in [3.63, 3.8) is 0 Å². The molecule has 5 saturated carbocycles. The Kier molecular flexibility index (Phi) is 6.22. The van der Waals surface area contributed by atoms with Crippen LogP contribution in [0.3, 0.4) is 0 Å². The molecule has 1 N–H and O–H groups in total. The number of hydrogen-bond acceptors (Lipinski definition) is 1. The summed E-state index contributed by atoms with van der Waals surface area (Å²) in [6.07, 6.45) is 15.8. The van der Waals surface area contributed by atoms with Gasteiger partial charge in [0.25, 0.3) is 0 Å². The van der Waals surface area contributed by atoms with E-state index in [9.17, 15) is 0 Å². The molecule has 0 heterocycles. The first-order chi connectivity index (χ1) is 14.3. The summed E-state index contributed by atoms with van der Waals surface area (Å²) < 4.78 is 0. The molecule has 4 bridgehead atoms. The topological polar surface area (TPSA) is 12.0 Å². The lowest BCUT2D eigenvalue weighted by Gasteiger charge is -2.54. The largest absolute Gasteiger partial charge is 0.306 e. The van der Waals surface area contributed by atoms with Gasteiger partial charge in [-0.2, -0.15) is 0 Å². The van der Waals surface area contributed by atoms with Gasteiger partial charge < -0.3 is 5.32 Å². The Bertz CT molecular complexity index is 738. The van der Waals surface area contributed by atoms with E-state index >= 15 is 0 Å². The van der Waals surface area contributed by atoms with Gasteiger partial charge in [0.05, 0.1) is 6.54 Å². The van der Waals surface area contributed by atoms with Crippen LogP contribution in [-0.2, 0) is 0 Å². The summed E-state index contributed by atoms with van der Waals surface area (Å²) in [5, 5.41) is 4.47. The zero-order valence-electron chi connectivity index (χ0n) is 17.8. The van der Waals surface area contributed by atoms with Gasteiger partial charge in [0.15, 0.2) is 0 Å². The Morgan fingerprint density at radius 1 is 0.931 bits per heavy atom. The summed E-state index contributed by atoms with van der Waals surface area (Å²) in [5.41, 5.74) is 2.48. The van der Waals surface area contributed by atoms with Crippen LogP contribution in [0.15, 0.2) is 18.2 Å². The van der Waals surface area contributed by atoms with E-state index in [2.05, 4.69) is 35.4 Å². The van der Waals surface area contributed by atoms with Gasteiger partial charge in [0.2, 0.25) is 0 Å². The molecule has 0 spiro atoms. The second-order valence-electron chi connectivity index (χ2n) is 10.5. The highest BCUT2D eigenvalue weighted by Gasteiger charge is 2.48. The molecule has 156 valence electrons. The molecular weight excluding hydrogens is 374 g/mol. The average molecular weight is 410 g/mol. The van der Waals surface area contributed by atoms with E-state index in [1.54, 1.807) is 0 Å². The molecule has 0 radical (unpaired) electrons. The summed E-state index contributed by atoms with van der Waals surface area (Å²) in [6.45, 7) is 1.88. The van der Waals surface area contributed by atoms with Crippen molar-refractivity contribution < 1.29 is 0 Å². The second kappa shape index (κ2) is 9.03. The van der Waals surface area contributed by atoms with Crippen LogP contribution in [0, 0.1) is 41.4 Å².